The Bertz CT molecular complexity index is 294. The predicted molar refractivity (Wildman–Crippen MR) is 76.1 cm³/mol. The molecule has 19 heavy (non-hydrogen) atoms. The van der Waals surface area contributed by atoms with Crippen LogP contribution in [0.5, 0.6) is 0 Å². The van der Waals surface area contributed by atoms with Gasteiger partial charge in [0.2, 0.25) is 5.91 Å². The van der Waals surface area contributed by atoms with E-state index in [0.29, 0.717) is 6.54 Å². The third kappa shape index (κ3) is 6.57. The lowest BCUT2D eigenvalue weighted by atomic mass is 10.1. The molecule has 0 aliphatic carbocycles. The zero-order chi connectivity index (χ0) is 15.0. The van der Waals surface area contributed by atoms with Gasteiger partial charge in [-0.25, -0.2) is 0 Å². The van der Waals surface area contributed by atoms with E-state index in [0.717, 1.165) is 12.8 Å². The second-order valence-electron chi connectivity index (χ2n) is 5.15. The standard InChI is InChI=1S/C14H28N2O3/c1-6-8-10(3)15-14(19)12(5)16(7-2)11(4)9-13(17)18/h10-12H,6-9H2,1-5H3,(H,15,19)(H,17,18). The van der Waals surface area contributed by atoms with Crippen molar-refractivity contribution in [3.05, 3.63) is 0 Å². The van der Waals surface area contributed by atoms with Gasteiger partial charge in [-0.05, 0) is 33.7 Å². The number of hydrogen-bond donors (Lipinski definition) is 2. The summed E-state index contributed by atoms with van der Waals surface area (Å²) in [4.78, 5) is 24.8. The molecule has 2 N–H and O–H groups in total. The number of carboxylic acids is 1. The Morgan fingerprint density at radius 1 is 1.21 bits per heavy atom. The van der Waals surface area contributed by atoms with E-state index in [-0.39, 0.29) is 30.5 Å². The number of hydrogen-bond acceptors (Lipinski definition) is 3. The maximum Gasteiger partial charge on any atom is 0.304 e. The minimum Gasteiger partial charge on any atom is -0.481 e. The minimum absolute atomic E-state index is 0.0277. The van der Waals surface area contributed by atoms with Gasteiger partial charge in [-0.3, -0.25) is 14.5 Å². The molecule has 0 radical (unpaired) electrons. The zero-order valence-electron chi connectivity index (χ0n) is 12.8. The van der Waals surface area contributed by atoms with E-state index in [4.69, 9.17) is 5.11 Å². The second kappa shape index (κ2) is 8.91. The van der Waals surface area contributed by atoms with Crippen molar-refractivity contribution in [3.63, 3.8) is 0 Å². The van der Waals surface area contributed by atoms with Crippen LogP contribution in [-0.2, 0) is 9.59 Å². The molecular formula is C14H28N2O3. The van der Waals surface area contributed by atoms with E-state index >= 15 is 0 Å². The fourth-order valence-corrected chi connectivity index (χ4v) is 2.36. The number of nitrogens with zero attached hydrogens (tertiary/aromatic N) is 1. The van der Waals surface area contributed by atoms with E-state index in [2.05, 4.69) is 12.2 Å². The summed E-state index contributed by atoms with van der Waals surface area (Å²) in [5.74, 6) is -0.863. The fraction of sp³-hybridized carbons (Fsp3) is 0.857. The topological polar surface area (TPSA) is 69.6 Å². The highest BCUT2D eigenvalue weighted by Gasteiger charge is 2.26. The Balaban J connectivity index is 4.51. The first-order valence-electron chi connectivity index (χ1n) is 7.11. The van der Waals surface area contributed by atoms with E-state index < -0.39 is 5.97 Å². The molecule has 0 saturated carbocycles. The molecule has 0 aromatic heterocycles. The number of rotatable bonds is 9. The van der Waals surface area contributed by atoms with Gasteiger partial charge in [0.15, 0.2) is 0 Å². The van der Waals surface area contributed by atoms with Gasteiger partial charge in [-0.2, -0.15) is 0 Å². The number of carboxylic acid groups (broad SMARTS) is 1. The van der Waals surface area contributed by atoms with Crippen LogP contribution in [0.3, 0.4) is 0 Å². The summed E-state index contributed by atoms with van der Waals surface area (Å²) >= 11 is 0. The number of aliphatic carboxylic acids is 1. The normalized spacial score (nSPS) is 15.9. The van der Waals surface area contributed by atoms with Crippen molar-refractivity contribution in [1.82, 2.24) is 10.2 Å². The van der Waals surface area contributed by atoms with E-state index in [1.165, 1.54) is 0 Å². The van der Waals surface area contributed by atoms with Crippen LogP contribution in [0.15, 0.2) is 0 Å². The summed E-state index contributed by atoms with van der Waals surface area (Å²) in [6.45, 7) is 10.3. The van der Waals surface area contributed by atoms with Gasteiger partial charge in [0, 0.05) is 12.1 Å². The smallest absolute Gasteiger partial charge is 0.304 e. The first kappa shape index (κ1) is 17.9. The largest absolute Gasteiger partial charge is 0.481 e. The van der Waals surface area contributed by atoms with Crippen LogP contribution in [-0.4, -0.2) is 46.6 Å². The minimum atomic E-state index is -0.835. The van der Waals surface area contributed by atoms with Gasteiger partial charge in [-0.1, -0.05) is 20.3 Å². The first-order valence-corrected chi connectivity index (χ1v) is 7.11. The summed E-state index contributed by atoms with van der Waals surface area (Å²) in [7, 11) is 0. The average Bonchev–Trinajstić information content (AvgIpc) is 2.28. The first-order chi connectivity index (χ1) is 8.83. The number of amides is 1. The molecule has 0 spiro atoms. The molecule has 0 rings (SSSR count). The lowest BCUT2D eigenvalue weighted by Crippen LogP contribution is -2.51. The van der Waals surface area contributed by atoms with Crippen molar-refractivity contribution in [2.45, 2.75) is 72.0 Å². The quantitative estimate of drug-likeness (QED) is 0.672. The molecule has 0 aromatic carbocycles. The monoisotopic (exact) mass is 272 g/mol. The van der Waals surface area contributed by atoms with Crippen molar-refractivity contribution in [1.29, 1.82) is 0 Å². The van der Waals surface area contributed by atoms with Crippen molar-refractivity contribution in [3.8, 4) is 0 Å². The van der Waals surface area contributed by atoms with Gasteiger partial charge in [-0.15, -0.1) is 0 Å². The van der Waals surface area contributed by atoms with Crippen molar-refractivity contribution in [2.24, 2.45) is 0 Å². The number of nitrogens with one attached hydrogen (secondary N) is 1. The molecule has 112 valence electrons. The molecule has 5 nitrogen and oxygen atoms in total. The fourth-order valence-electron chi connectivity index (χ4n) is 2.36. The summed E-state index contributed by atoms with van der Waals surface area (Å²) in [5.41, 5.74) is 0. The Morgan fingerprint density at radius 2 is 1.79 bits per heavy atom. The summed E-state index contributed by atoms with van der Waals surface area (Å²) in [6, 6.07) is -0.295. The van der Waals surface area contributed by atoms with E-state index in [1.54, 1.807) is 0 Å². The molecule has 3 atom stereocenters. The van der Waals surface area contributed by atoms with Gasteiger partial charge < -0.3 is 10.4 Å². The maximum atomic E-state index is 12.1. The van der Waals surface area contributed by atoms with Gasteiger partial charge >= 0.3 is 5.97 Å². The van der Waals surface area contributed by atoms with E-state index in [1.807, 2.05) is 32.6 Å². The average molecular weight is 272 g/mol. The van der Waals surface area contributed by atoms with Gasteiger partial charge in [0.05, 0.1) is 12.5 Å². The molecule has 0 fully saturated rings. The number of carbonyl (C=O) groups excluding carboxylic acids is 1. The lowest BCUT2D eigenvalue weighted by molar-refractivity contribution is -0.139. The third-order valence-electron chi connectivity index (χ3n) is 3.39. The lowest BCUT2D eigenvalue weighted by Gasteiger charge is -2.32. The highest BCUT2D eigenvalue weighted by atomic mass is 16.4. The third-order valence-corrected chi connectivity index (χ3v) is 3.39. The molecule has 0 bridgehead atoms. The van der Waals surface area contributed by atoms with Crippen LogP contribution in [0.2, 0.25) is 0 Å². The van der Waals surface area contributed by atoms with Crippen molar-refractivity contribution in [2.75, 3.05) is 6.54 Å². The van der Waals surface area contributed by atoms with E-state index in [9.17, 15) is 9.59 Å². The molecule has 0 heterocycles. The molecule has 5 heteroatoms. The summed E-state index contributed by atoms with van der Waals surface area (Å²) < 4.78 is 0. The molecule has 0 aliphatic rings. The van der Waals surface area contributed by atoms with Crippen LogP contribution in [0.25, 0.3) is 0 Å². The van der Waals surface area contributed by atoms with Gasteiger partial charge in [0.1, 0.15) is 0 Å². The van der Waals surface area contributed by atoms with Gasteiger partial charge in [0.25, 0.3) is 0 Å². The molecule has 0 aromatic rings. The summed E-state index contributed by atoms with van der Waals surface area (Å²) in [6.07, 6.45) is 2.04. The highest BCUT2D eigenvalue weighted by molar-refractivity contribution is 5.81. The Labute approximate surface area is 116 Å². The Morgan fingerprint density at radius 3 is 2.21 bits per heavy atom. The van der Waals surface area contributed by atoms with Crippen molar-refractivity contribution >= 4 is 11.9 Å². The molecule has 1 amide bonds. The predicted octanol–water partition coefficient (Wildman–Crippen LogP) is 1.86. The molecule has 0 saturated heterocycles. The van der Waals surface area contributed by atoms with Crippen LogP contribution in [0.4, 0.5) is 0 Å². The Hall–Kier alpha value is -1.10. The molecular weight excluding hydrogens is 244 g/mol. The number of carbonyl (C=O) groups is 2. The van der Waals surface area contributed by atoms with Crippen LogP contribution >= 0.6 is 0 Å². The SMILES string of the molecule is CCCC(C)NC(=O)C(C)N(CC)C(C)CC(=O)O. The van der Waals surface area contributed by atoms with Crippen molar-refractivity contribution < 1.29 is 14.7 Å². The molecule has 0 aliphatic heterocycles. The number of likely N-dealkylation sites (N-methyl/N-ethyl adjacent to an activating group) is 1. The maximum absolute atomic E-state index is 12.1. The van der Waals surface area contributed by atoms with Crippen LogP contribution in [0, 0.1) is 0 Å². The van der Waals surface area contributed by atoms with Crippen LogP contribution < -0.4 is 5.32 Å². The Kier molecular flexibility index (Phi) is 8.39. The molecule has 3 unspecified atom stereocenters. The van der Waals surface area contributed by atoms with Crippen LogP contribution in [0.1, 0.15) is 53.9 Å². The second-order valence-corrected chi connectivity index (χ2v) is 5.15. The summed E-state index contributed by atoms with van der Waals surface area (Å²) in [5, 5.41) is 11.8. The zero-order valence-corrected chi connectivity index (χ0v) is 12.8. The highest BCUT2D eigenvalue weighted by Crippen LogP contribution is 2.10.